The molecule has 0 amide bonds. The van der Waals surface area contributed by atoms with Gasteiger partial charge in [0.05, 0.1) is 12.2 Å². The zero-order chi connectivity index (χ0) is 13.1. The van der Waals surface area contributed by atoms with E-state index in [0.29, 0.717) is 0 Å². The molecular formula is C14H30O2Si. The Kier molecular flexibility index (Phi) is 5.23. The summed E-state index contributed by atoms with van der Waals surface area (Å²) in [7, 11) is -1.73. The maximum atomic E-state index is 10.2. The largest absolute Gasteiger partial charge is 0.411 e. The van der Waals surface area contributed by atoms with Crippen LogP contribution in [0.15, 0.2) is 0 Å². The van der Waals surface area contributed by atoms with Gasteiger partial charge in [0.1, 0.15) is 0 Å². The number of rotatable bonds is 2. The van der Waals surface area contributed by atoms with Crippen LogP contribution >= 0.6 is 0 Å². The molecule has 3 heteroatoms. The third kappa shape index (κ3) is 4.38. The van der Waals surface area contributed by atoms with Gasteiger partial charge < -0.3 is 9.53 Å². The number of aliphatic hydroxyl groups excluding tert-OH is 1. The predicted octanol–water partition coefficient (Wildman–Crippen LogP) is 4.09. The molecule has 1 saturated carbocycles. The minimum Gasteiger partial charge on any atom is -0.411 e. The molecule has 2 atom stereocenters. The van der Waals surface area contributed by atoms with Gasteiger partial charge in [-0.05, 0) is 31.0 Å². The van der Waals surface area contributed by atoms with Gasteiger partial charge in [0, 0.05) is 0 Å². The van der Waals surface area contributed by atoms with Gasteiger partial charge in [-0.3, -0.25) is 0 Å². The van der Waals surface area contributed by atoms with E-state index in [9.17, 15) is 5.11 Å². The molecule has 0 aromatic rings. The standard InChI is InChI=1S/C14H30O2Si/c1-14(2,3)17(4,5)16-13-11-9-7-6-8-10-12(13)15/h12-13,15H,6-11H2,1-5H3/t12-,13+/m0/s1. The lowest BCUT2D eigenvalue weighted by atomic mass is 9.96. The molecule has 1 aliphatic carbocycles. The summed E-state index contributed by atoms with van der Waals surface area (Å²) >= 11 is 0. The zero-order valence-corrected chi connectivity index (χ0v) is 13.3. The molecule has 0 bridgehead atoms. The van der Waals surface area contributed by atoms with Crippen molar-refractivity contribution in [2.24, 2.45) is 0 Å². The third-order valence-corrected chi connectivity index (χ3v) is 8.92. The molecule has 1 rings (SSSR count). The smallest absolute Gasteiger partial charge is 0.192 e. The van der Waals surface area contributed by atoms with Crippen LogP contribution in [0.25, 0.3) is 0 Å². The van der Waals surface area contributed by atoms with E-state index in [4.69, 9.17) is 4.43 Å². The van der Waals surface area contributed by atoms with Crippen molar-refractivity contribution in [2.75, 3.05) is 0 Å². The molecule has 0 saturated heterocycles. The fourth-order valence-corrected chi connectivity index (χ4v) is 3.51. The summed E-state index contributed by atoms with van der Waals surface area (Å²) < 4.78 is 6.38. The second kappa shape index (κ2) is 5.85. The van der Waals surface area contributed by atoms with Gasteiger partial charge in [-0.15, -0.1) is 0 Å². The van der Waals surface area contributed by atoms with Gasteiger partial charge in [0.15, 0.2) is 8.32 Å². The van der Waals surface area contributed by atoms with Crippen molar-refractivity contribution in [3.63, 3.8) is 0 Å². The Balaban J connectivity index is 2.63. The molecule has 2 nitrogen and oxygen atoms in total. The molecule has 102 valence electrons. The first-order valence-corrected chi connectivity index (χ1v) is 10.0. The fraction of sp³-hybridized carbons (Fsp3) is 1.00. The maximum absolute atomic E-state index is 10.2. The highest BCUT2D eigenvalue weighted by Gasteiger charge is 2.40. The summed E-state index contributed by atoms with van der Waals surface area (Å²) in [6.07, 6.45) is 6.70. The average molecular weight is 258 g/mol. The topological polar surface area (TPSA) is 29.5 Å². The van der Waals surface area contributed by atoms with Crippen molar-refractivity contribution in [1.29, 1.82) is 0 Å². The van der Waals surface area contributed by atoms with Crippen LogP contribution in [0.1, 0.15) is 59.3 Å². The lowest BCUT2D eigenvalue weighted by Crippen LogP contribution is -2.47. The summed E-state index contributed by atoms with van der Waals surface area (Å²) in [5, 5.41) is 10.4. The number of hydrogen-bond acceptors (Lipinski definition) is 2. The van der Waals surface area contributed by atoms with E-state index in [1.807, 2.05) is 0 Å². The van der Waals surface area contributed by atoms with Crippen LogP contribution in [-0.4, -0.2) is 25.6 Å². The lowest BCUT2D eigenvalue weighted by molar-refractivity contribution is 0.0106. The zero-order valence-electron chi connectivity index (χ0n) is 12.3. The van der Waals surface area contributed by atoms with Crippen LogP contribution in [0.5, 0.6) is 0 Å². The number of aliphatic hydroxyl groups is 1. The molecule has 0 aliphatic heterocycles. The van der Waals surface area contributed by atoms with Crippen molar-refractivity contribution >= 4 is 8.32 Å². The second-order valence-corrected chi connectivity index (χ2v) is 11.7. The number of hydrogen-bond donors (Lipinski definition) is 1. The minimum absolute atomic E-state index is 0.0798. The first-order valence-electron chi connectivity index (χ1n) is 7.10. The second-order valence-electron chi connectivity index (χ2n) is 6.98. The molecular weight excluding hydrogens is 228 g/mol. The van der Waals surface area contributed by atoms with Crippen molar-refractivity contribution in [2.45, 2.75) is 89.6 Å². The molecule has 0 aromatic carbocycles. The van der Waals surface area contributed by atoms with Crippen LogP contribution in [0.2, 0.25) is 18.1 Å². The first kappa shape index (κ1) is 15.2. The maximum Gasteiger partial charge on any atom is 0.192 e. The summed E-state index contributed by atoms with van der Waals surface area (Å²) in [6.45, 7) is 11.3. The Labute approximate surface area is 108 Å². The van der Waals surface area contributed by atoms with E-state index in [-0.39, 0.29) is 17.2 Å². The highest BCUT2D eigenvalue weighted by atomic mass is 28.4. The Morgan fingerprint density at radius 3 is 2.06 bits per heavy atom. The van der Waals surface area contributed by atoms with Crippen LogP contribution in [0.3, 0.4) is 0 Å². The average Bonchev–Trinajstić information content (AvgIpc) is 2.16. The Hall–Kier alpha value is 0.137. The van der Waals surface area contributed by atoms with Crippen molar-refractivity contribution in [3.8, 4) is 0 Å². The molecule has 1 aliphatic rings. The van der Waals surface area contributed by atoms with Gasteiger partial charge in [-0.1, -0.05) is 46.5 Å². The van der Waals surface area contributed by atoms with Crippen molar-refractivity contribution < 1.29 is 9.53 Å². The molecule has 17 heavy (non-hydrogen) atoms. The summed E-state index contributed by atoms with van der Waals surface area (Å²) in [6, 6.07) is 0. The normalized spacial score (nSPS) is 28.6. The molecule has 0 heterocycles. The molecule has 1 N–H and O–H groups in total. The van der Waals surface area contributed by atoms with Gasteiger partial charge in [-0.2, -0.15) is 0 Å². The van der Waals surface area contributed by atoms with Crippen LogP contribution in [0.4, 0.5) is 0 Å². The monoisotopic (exact) mass is 258 g/mol. The molecule has 1 fully saturated rings. The van der Waals surface area contributed by atoms with Crippen molar-refractivity contribution in [1.82, 2.24) is 0 Å². The molecule has 0 spiro atoms. The molecule has 0 radical (unpaired) electrons. The Morgan fingerprint density at radius 2 is 1.53 bits per heavy atom. The summed E-state index contributed by atoms with van der Waals surface area (Å²) in [4.78, 5) is 0. The van der Waals surface area contributed by atoms with E-state index in [0.717, 1.165) is 19.3 Å². The summed E-state index contributed by atoms with van der Waals surface area (Å²) in [5.41, 5.74) is 0. The van der Waals surface area contributed by atoms with E-state index in [1.165, 1.54) is 19.3 Å². The van der Waals surface area contributed by atoms with E-state index in [2.05, 4.69) is 33.9 Å². The highest BCUT2D eigenvalue weighted by Crippen LogP contribution is 2.38. The molecule has 0 aromatic heterocycles. The molecule has 0 unspecified atom stereocenters. The van der Waals surface area contributed by atoms with Gasteiger partial charge in [0.2, 0.25) is 0 Å². The van der Waals surface area contributed by atoms with Crippen LogP contribution in [-0.2, 0) is 4.43 Å². The quantitative estimate of drug-likeness (QED) is 0.756. The van der Waals surface area contributed by atoms with Crippen LogP contribution in [0, 0.1) is 0 Å². The third-order valence-electron chi connectivity index (χ3n) is 4.42. The van der Waals surface area contributed by atoms with Crippen molar-refractivity contribution in [3.05, 3.63) is 0 Å². The van der Waals surface area contributed by atoms with Gasteiger partial charge >= 0.3 is 0 Å². The van der Waals surface area contributed by atoms with E-state index < -0.39 is 8.32 Å². The SMILES string of the molecule is CC(C)(C)[Si](C)(C)O[C@@H]1CCCCCC[C@@H]1O. The van der Waals surface area contributed by atoms with E-state index in [1.54, 1.807) is 0 Å². The minimum atomic E-state index is -1.73. The highest BCUT2D eigenvalue weighted by molar-refractivity contribution is 6.74. The fourth-order valence-electron chi connectivity index (χ4n) is 2.12. The Morgan fingerprint density at radius 1 is 1.00 bits per heavy atom. The predicted molar refractivity (Wildman–Crippen MR) is 75.8 cm³/mol. The summed E-state index contributed by atoms with van der Waals surface area (Å²) in [5.74, 6) is 0. The van der Waals surface area contributed by atoms with E-state index >= 15 is 0 Å². The Bertz CT molecular complexity index is 233. The first-order chi connectivity index (χ1) is 7.74. The lowest BCUT2D eigenvalue weighted by Gasteiger charge is -2.41. The van der Waals surface area contributed by atoms with Gasteiger partial charge in [-0.25, -0.2) is 0 Å². The van der Waals surface area contributed by atoms with Crippen LogP contribution < -0.4 is 0 Å². The van der Waals surface area contributed by atoms with Gasteiger partial charge in [0.25, 0.3) is 0 Å².